The molecule has 0 bridgehead atoms. The van der Waals surface area contributed by atoms with Crippen LogP contribution in [0.15, 0.2) is 65.6 Å². The number of hydrogen-bond donors (Lipinski definition) is 1. The highest BCUT2D eigenvalue weighted by Gasteiger charge is 2.32. The number of amides is 2. The van der Waals surface area contributed by atoms with Gasteiger partial charge in [-0.05, 0) is 66.6 Å². The number of rotatable bonds is 9. The number of ether oxygens (including phenoxy) is 4. The summed E-state index contributed by atoms with van der Waals surface area (Å²) < 4.78 is 22.7. The van der Waals surface area contributed by atoms with Gasteiger partial charge in [0.05, 0.1) is 18.1 Å². The molecule has 0 unspecified atom stereocenters. The lowest BCUT2D eigenvalue weighted by atomic mass is 10.1. The van der Waals surface area contributed by atoms with Gasteiger partial charge in [-0.3, -0.25) is 14.5 Å². The minimum atomic E-state index is -0.338. The summed E-state index contributed by atoms with van der Waals surface area (Å²) in [5.41, 5.74) is 2.20. The summed E-state index contributed by atoms with van der Waals surface area (Å²) in [5, 5.41) is 3.26. The maximum Gasteiger partial charge on any atom is 0.266 e. The van der Waals surface area contributed by atoms with Crippen LogP contribution in [-0.4, -0.2) is 41.0 Å². The van der Waals surface area contributed by atoms with Crippen LogP contribution in [0.2, 0.25) is 5.02 Å². The number of nitrogens with one attached hydrogen (secondary N) is 1. The van der Waals surface area contributed by atoms with Gasteiger partial charge in [0, 0.05) is 10.7 Å². The molecule has 3 aromatic rings. The average molecular weight is 583 g/mol. The first-order chi connectivity index (χ1) is 18.9. The van der Waals surface area contributed by atoms with E-state index in [0.29, 0.717) is 56.1 Å². The monoisotopic (exact) mass is 582 g/mol. The van der Waals surface area contributed by atoms with Gasteiger partial charge in [-0.2, -0.15) is 0 Å². The Bertz CT molecular complexity index is 1480. The first kappa shape index (κ1) is 26.9. The lowest BCUT2D eigenvalue weighted by molar-refractivity contribution is -0.122. The van der Waals surface area contributed by atoms with Crippen molar-refractivity contribution in [2.24, 2.45) is 0 Å². The fraction of sp³-hybridized carbons (Fsp3) is 0.179. The predicted octanol–water partition coefficient (Wildman–Crippen LogP) is 5.89. The summed E-state index contributed by atoms with van der Waals surface area (Å²) in [6, 6.07) is 17.7. The summed E-state index contributed by atoms with van der Waals surface area (Å²) in [5.74, 6) is 1.68. The van der Waals surface area contributed by atoms with E-state index in [-0.39, 0.29) is 25.2 Å². The van der Waals surface area contributed by atoms with Crippen molar-refractivity contribution < 1.29 is 28.5 Å². The molecule has 1 fully saturated rings. The molecule has 2 amide bonds. The lowest BCUT2D eigenvalue weighted by Gasteiger charge is -2.15. The molecular weight excluding hydrogens is 560 g/mol. The average Bonchev–Trinajstić information content (AvgIpc) is 3.48. The number of thioether (sulfide) groups is 1. The largest absolute Gasteiger partial charge is 0.490 e. The minimum absolute atomic E-state index is 0.182. The third kappa shape index (κ3) is 6.47. The van der Waals surface area contributed by atoms with E-state index in [2.05, 4.69) is 5.32 Å². The zero-order valence-electron chi connectivity index (χ0n) is 20.8. The molecular formula is C28H23ClN2O6S2. The smallest absolute Gasteiger partial charge is 0.266 e. The number of carbonyl (C=O) groups is 2. The Morgan fingerprint density at radius 3 is 2.77 bits per heavy atom. The third-order valence-electron chi connectivity index (χ3n) is 5.68. The fourth-order valence-electron chi connectivity index (χ4n) is 3.92. The molecule has 0 saturated carbocycles. The molecule has 8 nitrogen and oxygen atoms in total. The van der Waals surface area contributed by atoms with Crippen molar-refractivity contribution in [2.75, 3.05) is 25.3 Å². The zero-order valence-corrected chi connectivity index (χ0v) is 23.2. The Kier molecular flexibility index (Phi) is 8.25. The van der Waals surface area contributed by atoms with Gasteiger partial charge in [0.1, 0.15) is 4.32 Å². The molecule has 5 rings (SSSR count). The van der Waals surface area contributed by atoms with Crippen LogP contribution >= 0.6 is 35.6 Å². The molecule has 0 aliphatic carbocycles. The number of benzene rings is 3. The van der Waals surface area contributed by atoms with Gasteiger partial charge >= 0.3 is 0 Å². The molecule has 0 spiro atoms. The van der Waals surface area contributed by atoms with Gasteiger partial charge in [0.15, 0.2) is 29.6 Å². The van der Waals surface area contributed by atoms with Crippen molar-refractivity contribution in [1.82, 2.24) is 4.90 Å². The maximum absolute atomic E-state index is 13.2. The lowest BCUT2D eigenvalue weighted by Crippen LogP contribution is -2.27. The van der Waals surface area contributed by atoms with E-state index in [1.807, 2.05) is 25.1 Å². The third-order valence-corrected chi connectivity index (χ3v) is 7.30. The van der Waals surface area contributed by atoms with Crippen LogP contribution < -0.4 is 24.3 Å². The van der Waals surface area contributed by atoms with Gasteiger partial charge < -0.3 is 24.3 Å². The van der Waals surface area contributed by atoms with Gasteiger partial charge in [-0.1, -0.05) is 53.8 Å². The van der Waals surface area contributed by atoms with Gasteiger partial charge in [0.25, 0.3) is 11.8 Å². The van der Waals surface area contributed by atoms with E-state index in [1.165, 1.54) is 11.8 Å². The molecule has 2 aliphatic heterocycles. The molecule has 1 N–H and O–H groups in total. The molecule has 1 saturated heterocycles. The van der Waals surface area contributed by atoms with Crippen LogP contribution in [0, 0.1) is 0 Å². The second-order valence-electron chi connectivity index (χ2n) is 8.44. The molecule has 2 heterocycles. The van der Waals surface area contributed by atoms with Crippen molar-refractivity contribution in [3.8, 4) is 23.0 Å². The second kappa shape index (κ2) is 12.0. The van der Waals surface area contributed by atoms with Crippen molar-refractivity contribution in [3.05, 3.63) is 81.7 Å². The second-order valence-corrected chi connectivity index (χ2v) is 10.6. The Hall–Kier alpha value is -3.73. The van der Waals surface area contributed by atoms with Crippen LogP contribution in [0.4, 0.5) is 5.69 Å². The highest BCUT2D eigenvalue weighted by Crippen LogP contribution is 2.37. The van der Waals surface area contributed by atoms with E-state index in [1.54, 1.807) is 53.4 Å². The SMILES string of the molecule is CCOc1cc(/C=C2\SC(=S)N(Cc3ccc4c(c3)OCO4)C2=O)ccc1OCC(=O)Nc1cccc(Cl)c1. The number of nitrogens with zero attached hydrogens (tertiary/aromatic N) is 1. The molecule has 0 aromatic heterocycles. The molecule has 200 valence electrons. The van der Waals surface area contributed by atoms with Crippen LogP contribution in [0.5, 0.6) is 23.0 Å². The predicted molar refractivity (Wildman–Crippen MR) is 154 cm³/mol. The van der Waals surface area contributed by atoms with E-state index >= 15 is 0 Å². The van der Waals surface area contributed by atoms with E-state index in [4.69, 9.17) is 42.8 Å². The van der Waals surface area contributed by atoms with Crippen molar-refractivity contribution >= 4 is 63.5 Å². The fourth-order valence-corrected chi connectivity index (χ4v) is 5.36. The highest BCUT2D eigenvalue weighted by molar-refractivity contribution is 8.26. The Morgan fingerprint density at radius 2 is 1.95 bits per heavy atom. The minimum Gasteiger partial charge on any atom is -0.490 e. The van der Waals surface area contributed by atoms with Crippen molar-refractivity contribution in [3.63, 3.8) is 0 Å². The molecule has 0 atom stereocenters. The molecule has 0 radical (unpaired) electrons. The number of carbonyl (C=O) groups excluding carboxylic acids is 2. The number of thiocarbonyl (C=S) groups is 1. The Morgan fingerprint density at radius 1 is 1.10 bits per heavy atom. The zero-order chi connectivity index (χ0) is 27.4. The Balaban J connectivity index is 1.25. The van der Waals surface area contributed by atoms with Crippen molar-refractivity contribution in [1.29, 1.82) is 0 Å². The summed E-state index contributed by atoms with van der Waals surface area (Å²) in [7, 11) is 0. The highest BCUT2D eigenvalue weighted by atomic mass is 35.5. The van der Waals surface area contributed by atoms with Crippen LogP contribution in [0.25, 0.3) is 6.08 Å². The topological polar surface area (TPSA) is 86.3 Å². The number of halogens is 1. The summed E-state index contributed by atoms with van der Waals surface area (Å²) >= 11 is 12.7. The first-order valence-corrected chi connectivity index (χ1v) is 13.6. The van der Waals surface area contributed by atoms with Crippen LogP contribution in [-0.2, 0) is 16.1 Å². The molecule has 3 aromatic carbocycles. The normalized spacial score (nSPS) is 15.1. The van der Waals surface area contributed by atoms with Crippen LogP contribution in [0.1, 0.15) is 18.1 Å². The maximum atomic E-state index is 13.2. The summed E-state index contributed by atoms with van der Waals surface area (Å²) in [4.78, 5) is 27.6. The summed E-state index contributed by atoms with van der Waals surface area (Å²) in [6.45, 7) is 2.54. The summed E-state index contributed by atoms with van der Waals surface area (Å²) in [6.07, 6.45) is 1.76. The quantitative estimate of drug-likeness (QED) is 0.247. The molecule has 2 aliphatic rings. The molecule has 11 heteroatoms. The van der Waals surface area contributed by atoms with Gasteiger partial charge in [-0.25, -0.2) is 0 Å². The molecule has 39 heavy (non-hydrogen) atoms. The van der Waals surface area contributed by atoms with Gasteiger partial charge in [0.2, 0.25) is 6.79 Å². The Labute approximate surface area is 239 Å². The first-order valence-electron chi connectivity index (χ1n) is 12.0. The number of anilines is 1. The van der Waals surface area contributed by atoms with E-state index in [9.17, 15) is 9.59 Å². The van der Waals surface area contributed by atoms with Crippen molar-refractivity contribution in [2.45, 2.75) is 13.5 Å². The standard InChI is InChI=1S/C28H23ClN2O6S2/c1-2-34-23-10-17(6-8-21(23)35-15-26(32)30-20-5-3-4-19(29)13-20)12-25-27(33)31(28(38)39-25)14-18-7-9-22-24(11-18)37-16-36-22/h3-13H,2,14-16H2,1H3,(H,30,32)/b25-12-. The number of hydrogen-bond acceptors (Lipinski definition) is 8. The van der Waals surface area contributed by atoms with Crippen LogP contribution in [0.3, 0.4) is 0 Å². The van der Waals surface area contributed by atoms with E-state index < -0.39 is 0 Å². The van der Waals surface area contributed by atoms with E-state index in [0.717, 1.165) is 11.1 Å². The van der Waals surface area contributed by atoms with Gasteiger partial charge in [-0.15, -0.1) is 0 Å². The number of fused-ring (bicyclic) bond motifs is 1.